The van der Waals surface area contributed by atoms with Gasteiger partial charge in [-0.2, -0.15) is 0 Å². The first kappa shape index (κ1) is 13.4. The molecule has 2 N–H and O–H groups in total. The van der Waals surface area contributed by atoms with Crippen molar-refractivity contribution in [3.63, 3.8) is 0 Å². The zero-order valence-corrected chi connectivity index (χ0v) is 10.6. The molecule has 2 rings (SSSR count). The molecule has 19 heavy (non-hydrogen) atoms. The molecule has 0 saturated heterocycles. The molecule has 0 heterocycles. The Morgan fingerprint density at radius 3 is 2.74 bits per heavy atom. The maximum atomic E-state index is 13.0. The lowest BCUT2D eigenvalue weighted by atomic mass is 10.1. The summed E-state index contributed by atoms with van der Waals surface area (Å²) in [5.41, 5.74) is 1.06. The molecule has 0 aliphatic carbocycles. The van der Waals surface area contributed by atoms with Crippen molar-refractivity contribution in [2.45, 2.75) is 6.42 Å². The van der Waals surface area contributed by atoms with Crippen molar-refractivity contribution in [3.8, 4) is 5.75 Å². The summed E-state index contributed by atoms with van der Waals surface area (Å²) in [6.07, 6.45) is 0.0657. The summed E-state index contributed by atoms with van der Waals surface area (Å²) in [6, 6.07) is 10.2. The zero-order valence-electron chi connectivity index (χ0n) is 9.86. The zero-order chi connectivity index (χ0) is 13.8. The second-order valence-electron chi connectivity index (χ2n) is 4.02. The number of carbonyl (C=O) groups excluding carboxylic acids is 1. The van der Waals surface area contributed by atoms with Crippen LogP contribution in [0.5, 0.6) is 5.75 Å². The summed E-state index contributed by atoms with van der Waals surface area (Å²) < 4.78 is 13.0. The number of carbonyl (C=O) groups is 1. The van der Waals surface area contributed by atoms with Crippen LogP contribution in [0.4, 0.5) is 10.1 Å². The van der Waals surface area contributed by atoms with Crippen LogP contribution in [-0.2, 0) is 11.2 Å². The summed E-state index contributed by atoms with van der Waals surface area (Å²) in [7, 11) is 0. The van der Waals surface area contributed by atoms with E-state index in [2.05, 4.69) is 5.32 Å². The van der Waals surface area contributed by atoms with E-state index in [4.69, 9.17) is 11.6 Å². The molecule has 0 spiro atoms. The number of aromatic hydroxyl groups is 1. The van der Waals surface area contributed by atoms with Crippen LogP contribution in [0, 0.1) is 5.82 Å². The van der Waals surface area contributed by atoms with Crippen LogP contribution in [0.3, 0.4) is 0 Å². The summed E-state index contributed by atoms with van der Waals surface area (Å²) in [5, 5.41) is 12.0. The highest BCUT2D eigenvalue weighted by atomic mass is 35.5. The second kappa shape index (κ2) is 5.71. The van der Waals surface area contributed by atoms with Crippen LogP contribution in [0.1, 0.15) is 5.56 Å². The number of halogens is 2. The van der Waals surface area contributed by atoms with E-state index in [1.165, 1.54) is 30.3 Å². The molecule has 98 valence electrons. The summed E-state index contributed by atoms with van der Waals surface area (Å²) in [5.74, 6) is -0.713. The molecule has 0 bridgehead atoms. The lowest BCUT2D eigenvalue weighted by Gasteiger charge is -2.06. The Bertz CT molecular complexity index is 616. The number of nitrogens with one attached hydrogen (secondary N) is 1. The molecule has 3 nitrogen and oxygen atoms in total. The van der Waals surface area contributed by atoms with Gasteiger partial charge in [-0.25, -0.2) is 4.39 Å². The SMILES string of the molecule is O=C(Cc1cccc(F)c1)Nc1ccc(O)c(Cl)c1. The standard InChI is InChI=1S/C14H11ClFNO2/c15-12-8-11(4-5-13(12)18)17-14(19)7-9-2-1-3-10(16)6-9/h1-6,8,18H,7H2,(H,17,19). The number of benzene rings is 2. The molecule has 0 unspecified atom stereocenters. The maximum Gasteiger partial charge on any atom is 0.228 e. The summed E-state index contributed by atoms with van der Waals surface area (Å²) in [4.78, 5) is 11.8. The van der Waals surface area contributed by atoms with Gasteiger partial charge >= 0.3 is 0 Å². The normalized spacial score (nSPS) is 10.2. The fraction of sp³-hybridized carbons (Fsp3) is 0.0714. The number of phenols is 1. The van der Waals surface area contributed by atoms with Crippen LogP contribution < -0.4 is 5.32 Å². The third-order valence-electron chi connectivity index (χ3n) is 2.49. The van der Waals surface area contributed by atoms with Gasteiger partial charge in [-0.3, -0.25) is 4.79 Å². The molecule has 0 aromatic heterocycles. The monoisotopic (exact) mass is 279 g/mol. The van der Waals surface area contributed by atoms with E-state index < -0.39 is 0 Å². The number of anilines is 1. The van der Waals surface area contributed by atoms with E-state index in [-0.39, 0.29) is 28.9 Å². The van der Waals surface area contributed by atoms with Gasteiger partial charge in [0.1, 0.15) is 11.6 Å². The molecule has 0 atom stereocenters. The van der Waals surface area contributed by atoms with Crippen molar-refractivity contribution < 1.29 is 14.3 Å². The predicted molar refractivity (Wildman–Crippen MR) is 71.9 cm³/mol. The van der Waals surface area contributed by atoms with E-state index in [1.807, 2.05) is 0 Å². The van der Waals surface area contributed by atoms with Crippen LogP contribution in [0.15, 0.2) is 42.5 Å². The summed E-state index contributed by atoms with van der Waals surface area (Å²) in [6.45, 7) is 0. The molecule has 2 aromatic carbocycles. The van der Waals surface area contributed by atoms with Crippen molar-refractivity contribution in [2.75, 3.05) is 5.32 Å². The molecule has 0 saturated carbocycles. The third kappa shape index (κ3) is 3.69. The topological polar surface area (TPSA) is 49.3 Å². The first-order chi connectivity index (χ1) is 9.04. The van der Waals surface area contributed by atoms with E-state index in [0.717, 1.165) is 0 Å². The van der Waals surface area contributed by atoms with Gasteiger partial charge in [-0.1, -0.05) is 23.7 Å². The molecule has 1 amide bonds. The van der Waals surface area contributed by atoms with Gasteiger partial charge in [0.05, 0.1) is 11.4 Å². The lowest BCUT2D eigenvalue weighted by Crippen LogP contribution is -2.14. The van der Waals surface area contributed by atoms with Gasteiger partial charge < -0.3 is 10.4 Å². The van der Waals surface area contributed by atoms with Gasteiger partial charge in [0.25, 0.3) is 0 Å². The first-order valence-corrected chi connectivity index (χ1v) is 5.95. The second-order valence-corrected chi connectivity index (χ2v) is 4.43. The van der Waals surface area contributed by atoms with Gasteiger partial charge in [-0.15, -0.1) is 0 Å². The third-order valence-corrected chi connectivity index (χ3v) is 2.79. The van der Waals surface area contributed by atoms with Gasteiger partial charge in [0.15, 0.2) is 0 Å². The Balaban J connectivity index is 2.03. The van der Waals surface area contributed by atoms with Gasteiger partial charge in [0, 0.05) is 5.69 Å². The summed E-state index contributed by atoms with van der Waals surface area (Å²) >= 11 is 5.73. The van der Waals surface area contributed by atoms with E-state index in [0.29, 0.717) is 11.3 Å². The molecule has 0 aliphatic rings. The lowest BCUT2D eigenvalue weighted by molar-refractivity contribution is -0.115. The smallest absolute Gasteiger partial charge is 0.228 e. The minimum Gasteiger partial charge on any atom is -0.506 e. The maximum absolute atomic E-state index is 13.0. The van der Waals surface area contributed by atoms with Crippen LogP contribution in [0.2, 0.25) is 5.02 Å². The quantitative estimate of drug-likeness (QED) is 0.847. The van der Waals surface area contributed by atoms with Crippen LogP contribution >= 0.6 is 11.6 Å². The highest BCUT2D eigenvalue weighted by Gasteiger charge is 2.06. The molecule has 0 aliphatic heterocycles. The largest absolute Gasteiger partial charge is 0.506 e. The predicted octanol–water partition coefficient (Wildman–Crippen LogP) is 3.37. The Morgan fingerprint density at radius 2 is 2.05 bits per heavy atom. The number of phenolic OH excluding ortho intramolecular Hbond substituents is 1. The van der Waals surface area contributed by atoms with Gasteiger partial charge in [0.2, 0.25) is 5.91 Å². The fourth-order valence-corrected chi connectivity index (χ4v) is 1.80. The average Bonchev–Trinajstić information content (AvgIpc) is 2.34. The Kier molecular flexibility index (Phi) is 4.02. The van der Waals surface area contributed by atoms with Crippen LogP contribution in [-0.4, -0.2) is 11.0 Å². The number of hydrogen-bond donors (Lipinski definition) is 2. The Labute approximate surface area is 114 Å². The van der Waals surface area contributed by atoms with Crippen molar-refractivity contribution in [2.24, 2.45) is 0 Å². The number of hydrogen-bond acceptors (Lipinski definition) is 2. The minimum absolute atomic E-state index is 0.0511. The molecule has 5 heteroatoms. The van der Waals surface area contributed by atoms with E-state index in [9.17, 15) is 14.3 Å². The van der Waals surface area contributed by atoms with Crippen molar-refractivity contribution in [3.05, 3.63) is 58.9 Å². The fourth-order valence-electron chi connectivity index (χ4n) is 1.62. The molecular weight excluding hydrogens is 269 g/mol. The number of amides is 1. The van der Waals surface area contributed by atoms with Crippen molar-refractivity contribution in [1.29, 1.82) is 0 Å². The molecular formula is C14H11ClFNO2. The van der Waals surface area contributed by atoms with E-state index >= 15 is 0 Å². The minimum atomic E-state index is -0.377. The molecule has 2 aromatic rings. The highest BCUT2D eigenvalue weighted by molar-refractivity contribution is 6.32. The van der Waals surface area contributed by atoms with Crippen molar-refractivity contribution >= 4 is 23.2 Å². The van der Waals surface area contributed by atoms with Crippen molar-refractivity contribution in [1.82, 2.24) is 0 Å². The number of rotatable bonds is 3. The average molecular weight is 280 g/mol. The van der Waals surface area contributed by atoms with E-state index in [1.54, 1.807) is 12.1 Å². The molecule has 0 radical (unpaired) electrons. The van der Waals surface area contributed by atoms with Crippen LogP contribution in [0.25, 0.3) is 0 Å². The Hall–Kier alpha value is -2.07. The highest BCUT2D eigenvalue weighted by Crippen LogP contribution is 2.26. The first-order valence-electron chi connectivity index (χ1n) is 5.57. The Morgan fingerprint density at radius 1 is 1.26 bits per heavy atom. The van der Waals surface area contributed by atoms with Gasteiger partial charge in [-0.05, 0) is 35.9 Å². The molecule has 0 fully saturated rings.